The highest BCUT2D eigenvalue weighted by atomic mass is 15.0. The van der Waals surface area contributed by atoms with Gasteiger partial charge in [-0.15, -0.1) is 0 Å². The minimum atomic E-state index is 0.558. The predicted molar refractivity (Wildman–Crippen MR) is 59.4 cm³/mol. The van der Waals surface area contributed by atoms with E-state index in [9.17, 15) is 0 Å². The van der Waals surface area contributed by atoms with Crippen LogP contribution < -0.4 is 5.73 Å². The fourth-order valence-corrected chi connectivity index (χ4v) is 1.58. The van der Waals surface area contributed by atoms with Gasteiger partial charge in [0.15, 0.2) is 0 Å². The minimum absolute atomic E-state index is 0.558. The van der Waals surface area contributed by atoms with Crippen LogP contribution in [-0.2, 0) is 13.0 Å². The van der Waals surface area contributed by atoms with E-state index >= 15 is 0 Å². The maximum atomic E-state index is 5.62. The Morgan fingerprint density at radius 2 is 2.20 bits per heavy atom. The van der Waals surface area contributed by atoms with Gasteiger partial charge in [-0.3, -0.25) is 0 Å². The van der Waals surface area contributed by atoms with Crippen molar-refractivity contribution < 1.29 is 0 Å². The van der Waals surface area contributed by atoms with Crippen LogP contribution in [0.5, 0.6) is 0 Å². The highest BCUT2D eigenvalue weighted by molar-refractivity contribution is 5.33. The molecule has 0 fully saturated rings. The molecule has 0 atom stereocenters. The molecule has 2 heterocycles. The summed E-state index contributed by atoms with van der Waals surface area (Å²) in [6.45, 7) is 3.04. The summed E-state index contributed by atoms with van der Waals surface area (Å²) in [7, 11) is 0. The van der Waals surface area contributed by atoms with Gasteiger partial charge in [0.25, 0.3) is 0 Å². The molecule has 0 saturated heterocycles. The normalized spacial score (nSPS) is 10.5. The third-order valence-electron chi connectivity index (χ3n) is 2.35. The van der Waals surface area contributed by atoms with Gasteiger partial charge >= 0.3 is 0 Å². The molecule has 0 unspecified atom stereocenters. The Hall–Kier alpha value is -1.84. The largest absolute Gasteiger partial charge is 0.384 e. The van der Waals surface area contributed by atoms with Crippen molar-refractivity contribution in [2.24, 2.45) is 0 Å². The van der Waals surface area contributed by atoms with Gasteiger partial charge in [-0.05, 0) is 24.6 Å². The van der Waals surface area contributed by atoms with E-state index in [4.69, 9.17) is 5.73 Å². The van der Waals surface area contributed by atoms with Gasteiger partial charge in [0.05, 0.1) is 0 Å². The number of nitrogens with two attached hydrogens (primary N) is 1. The van der Waals surface area contributed by atoms with Crippen molar-refractivity contribution in [2.75, 3.05) is 5.73 Å². The van der Waals surface area contributed by atoms with E-state index in [-0.39, 0.29) is 0 Å². The maximum Gasteiger partial charge on any atom is 0.123 e. The van der Waals surface area contributed by atoms with Crippen LogP contribution in [0, 0.1) is 0 Å². The van der Waals surface area contributed by atoms with Crippen LogP contribution in [-0.4, -0.2) is 14.5 Å². The molecule has 0 amide bonds. The molecule has 0 bridgehead atoms. The number of rotatable bonds is 3. The molecule has 78 valence electrons. The van der Waals surface area contributed by atoms with Gasteiger partial charge in [0.2, 0.25) is 0 Å². The van der Waals surface area contributed by atoms with Crippen LogP contribution in [0.3, 0.4) is 0 Å². The lowest BCUT2D eigenvalue weighted by atomic mass is 10.2. The molecule has 0 aliphatic heterocycles. The first-order valence-corrected chi connectivity index (χ1v) is 5.00. The molecule has 2 N–H and O–H groups in total. The maximum absolute atomic E-state index is 5.62. The summed E-state index contributed by atoms with van der Waals surface area (Å²) < 4.78 is 2.12. The van der Waals surface area contributed by atoms with E-state index in [0.29, 0.717) is 5.82 Å². The second kappa shape index (κ2) is 4.13. The SMILES string of the molecule is CCn1ccnc1Cc1ccnc(N)c1. The minimum Gasteiger partial charge on any atom is -0.384 e. The smallest absolute Gasteiger partial charge is 0.123 e. The first kappa shape index (κ1) is 9.71. The summed E-state index contributed by atoms with van der Waals surface area (Å²) in [6.07, 6.45) is 6.33. The summed E-state index contributed by atoms with van der Waals surface area (Å²) in [4.78, 5) is 8.28. The van der Waals surface area contributed by atoms with Gasteiger partial charge in [-0.1, -0.05) is 0 Å². The van der Waals surface area contributed by atoms with Crippen LogP contribution in [0.25, 0.3) is 0 Å². The summed E-state index contributed by atoms with van der Waals surface area (Å²) in [5.74, 6) is 1.62. The monoisotopic (exact) mass is 202 g/mol. The molecule has 4 heteroatoms. The van der Waals surface area contributed by atoms with Gasteiger partial charge in [0, 0.05) is 31.6 Å². The molecule has 0 aliphatic rings. The Morgan fingerprint density at radius 1 is 1.33 bits per heavy atom. The van der Waals surface area contributed by atoms with E-state index in [1.807, 2.05) is 24.5 Å². The van der Waals surface area contributed by atoms with Gasteiger partial charge in [0.1, 0.15) is 11.6 Å². The molecule has 0 aromatic carbocycles. The zero-order valence-electron chi connectivity index (χ0n) is 8.72. The van der Waals surface area contributed by atoms with E-state index in [0.717, 1.165) is 24.4 Å². The zero-order valence-corrected chi connectivity index (χ0v) is 8.72. The van der Waals surface area contributed by atoms with Crippen molar-refractivity contribution in [2.45, 2.75) is 19.9 Å². The van der Waals surface area contributed by atoms with Crippen LogP contribution in [0.2, 0.25) is 0 Å². The second-order valence-electron chi connectivity index (χ2n) is 3.40. The quantitative estimate of drug-likeness (QED) is 0.820. The number of anilines is 1. The van der Waals surface area contributed by atoms with E-state index in [1.54, 1.807) is 6.20 Å². The number of aromatic nitrogens is 3. The summed E-state index contributed by atoms with van der Waals surface area (Å²) in [6, 6.07) is 3.85. The van der Waals surface area contributed by atoms with E-state index in [1.165, 1.54) is 0 Å². The first-order chi connectivity index (χ1) is 7.29. The molecule has 2 rings (SSSR count). The van der Waals surface area contributed by atoms with Crippen LogP contribution in [0.1, 0.15) is 18.3 Å². The number of pyridine rings is 1. The molecule has 2 aromatic rings. The van der Waals surface area contributed by atoms with Crippen molar-refractivity contribution in [3.05, 3.63) is 42.1 Å². The number of aryl methyl sites for hydroxylation is 1. The Labute approximate surface area is 88.8 Å². The lowest BCUT2D eigenvalue weighted by molar-refractivity contribution is 0.712. The molecular weight excluding hydrogens is 188 g/mol. The average molecular weight is 202 g/mol. The highest BCUT2D eigenvalue weighted by Gasteiger charge is 2.02. The zero-order chi connectivity index (χ0) is 10.7. The van der Waals surface area contributed by atoms with Crippen LogP contribution in [0.15, 0.2) is 30.7 Å². The number of hydrogen-bond acceptors (Lipinski definition) is 3. The number of nitrogens with zero attached hydrogens (tertiary/aromatic N) is 3. The second-order valence-corrected chi connectivity index (χ2v) is 3.40. The van der Waals surface area contributed by atoms with Crippen molar-refractivity contribution in [1.82, 2.24) is 14.5 Å². The number of hydrogen-bond donors (Lipinski definition) is 1. The van der Waals surface area contributed by atoms with Crippen molar-refractivity contribution in [3.8, 4) is 0 Å². The van der Waals surface area contributed by atoms with Gasteiger partial charge in [-0.25, -0.2) is 9.97 Å². The third kappa shape index (κ3) is 2.15. The first-order valence-electron chi connectivity index (χ1n) is 5.00. The predicted octanol–water partition coefficient (Wildman–Crippen LogP) is 1.47. The fraction of sp³-hybridized carbons (Fsp3) is 0.273. The summed E-state index contributed by atoms with van der Waals surface area (Å²) in [5.41, 5.74) is 6.76. The molecule has 0 saturated carbocycles. The van der Waals surface area contributed by atoms with Crippen molar-refractivity contribution >= 4 is 5.82 Å². The Kier molecular flexibility index (Phi) is 2.67. The number of imidazole rings is 1. The lowest BCUT2D eigenvalue weighted by Crippen LogP contribution is -2.02. The molecule has 0 radical (unpaired) electrons. The Morgan fingerprint density at radius 3 is 2.93 bits per heavy atom. The van der Waals surface area contributed by atoms with Gasteiger partial charge in [-0.2, -0.15) is 0 Å². The van der Waals surface area contributed by atoms with E-state index in [2.05, 4.69) is 21.5 Å². The third-order valence-corrected chi connectivity index (χ3v) is 2.35. The molecule has 0 spiro atoms. The summed E-state index contributed by atoms with van der Waals surface area (Å²) >= 11 is 0. The molecule has 15 heavy (non-hydrogen) atoms. The fourth-order valence-electron chi connectivity index (χ4n) is 1.58. The van der Waals surface area contributed by atoms with Crippen LogP contribution >= 0.6 is 0 Å². The van der Waals surface area contributed by atoms with Crippen molar-refractivity contribution in [1.29, 1.82) is 0 Å². The topological polar surface area (TPSA) is 56.7 Å². The molecular formula is C11H14N4. The van der Waals surface area contributed by atoms with Crippen LogP contribution in [0.4, 0.5) is 5.82 Å². The lowest BCUT2D eigenvalue weighted by Gasteiger charge is -2.04. The Balaban J connectivity index is 2.22. The standard InChI is InChI=1S/C11H14N4/c1-2-15-6-5-14-11(15)8-9-3-4-13-10(12)7-9/h3-7H,2,8H2,1H3,(H2,12,13). The number of nitrogen functional groups attached to an aromatic ring is 1. The van der Waals surface area contributed by atoms with E-state index < -0.39 is 0 Å². The van der Waals surface area contributed by atoms with Crippen molar-refractivity contribution in [3.63, 3.8) is 0 Å². The molecule has 4 nitrogen and oxygen atoms in total. The average Bonchev–Trinajstić information content (AvgIpc) is 2.65. The molecule has 2 aromatic heterocycles. The molecule has 0 aliphatic carbocycles. The van der Waals surface area contributed by atoms with Gasteiger partial charge < -0.3 is 10.3 Å². The highest BCUT2D eigenvalue weighted by Crippen LogP contribution is 2.09. The Bertz CT molecular complexity index is 447. The summed E-state index contributed by atoms with van der Waals surface area (Å²) in [5, 5.41) is 0.